The number of benzene rings is 1. The standard InChI is InChI=1S/C23H27FN4O4S2/c1-13(16-6-8-32-9-7-16)26-23-27-15(3)22(33-23)17-10-21(14(2)25-12-17)34(30,31)28-20-5-4-18(29)11-19(20)24/h4-5,10-13,16,28-29H,6-9H2,1-3H3,(H,26,27). The average Bonchev–Trinajstić information content (AvgIpc) is 3.16. The monoisotopic (exact) mass is 506 g/mol. The first-order valence-corrected chi connectivity index (χ1v) is 13.2. The van der Waals surface area contributed by atoms with E-state index >= 15 is 0 Å². The topological polar surface area (TPSA) is 113 Å². The quantitative estimate of drug-likeness (QED) is 0.398. The highest BCUT2D eigenvalue weighted by Crippen LogP contribution is 2.35. The molecule has 11 heteroatoms. The predicted octanol–water partition coefficient (Wildman–Crippen LogP) is 4.69. The lowest BCUT2D eigenvalue weighted by atomic mass is 9.93. The third kappa shape index (κ3) is 5.31. The molecule has 3 N–H and O–H groups in total. The van der Waals surface area contributed by atoms with Crippen molar-refractivity contribution >= 4 is 32.2 Å². The normalized spacial score (nSPS) is 15.8. The molecule has 182 valence electrons. The number of thiazole rings is 1. The molecule has 1 aliphatic heterocycles. The second kappa shape index (κ2) is 9.85. The minimum Gasteiger partial charge on any atom is -0.508 e. The zero-order valence-corrected chi connectivity index (χ0v) is 20.8. The van der Waals surface area contributed by atoms with Gasteiger partial charge in [0.15, 0.2) is 10.9 Å². The Hall–Kier alpha value is -2.76. The van der Waals surface area contributed by atoms with Crippen molar-refractivity contribution in [1.29, 1.82) is 0 Å². The zero-order chi connectivity index (χ0) is 24.5. The molecule has 0 saturated carbocycles. The first-order chi connectivity index (χ1) is 16.1. The molecule has 0 radical (unpaired) electrons. The van der Waals surface area contributed by atoms with Gasteiger partial charge in [-0.1, -0.05) is 11.3 Å². The van der Waals surface area contributed by atoms with Crippen LogP contribution in [-0.2, 0) is 14.8 Å². The van der Waals surface area contributed by atoms with Crippen LogP contribution in [0.1, 0.15) is 31.2 Å². The smallest absolute Gasteiger partial charge is 0.263 e. The highest BCUT2D eigenvalue weighted by Gasteiger charge is 2.24. The minimum atomic E-state index is -4.13. The largest absolute Gasteiger partial charge is 0.508 e. The second-order valence-corrected chi connectivity index (χ2v) is 11.0. The number of phenolic OH excluding ortho intramolecular Hbond substituents is 1. The fourth-order valence-electron chi connectivity index (χ4n) is 3.95. The second-order valence-electron chi connectivity index (χ2n) is 8.39. The molecule has 4 rings (SSSR count). The SMILES string of the molecule is Cc1ncc(-c2sc(NC(C)C3CCOCC3)nc2C)cc1S(=O)(=O)Nc1ccc(O)cc1F. The van der Waals surface area contributed by atoms with Gasteiger partial charge in [0, 0.05) is 37.1 Å². The lowest BCUT2D eigenvalue weighted by Crippen LogP contribution is -2.30. The molecule has 3 aromatic rings. The molecule has 0 bridgehead atoms. The number of sulfonamides is 1. The van der Waals surface area contributed by atoms with Gasteiger partial charge >= 0.3 is 0 Å². The molecule has 34 heavy (non-hydrogen) atoms. The van der Waals surface area contributed by atoms with Crippen molar-refractivity contribution in [2.45, 2.75) is 44.6 Å². The summed E-state index contributed by atoms with van der Waals surface area (Å²) in [6.07, 6.45) is 3.62. The number of phenols is 1. The van der Waals surface area contributed by atoms with E-state index in [9.17, 15) is 17.9 Å². The van der Waals surface area contributed by atoms with Gasteiger partial charge in [0.1, 0.15) is 10.6 Å². The molecule has 3 heterocycles. The summed E-state index contributed by atoms with van der Waals surface area (Å²) in [5.41, 5.74) is 1.39. The van der Waals surface area contributed by atoms with Gasteiger partial charge in [0.2, 0.25) is 0 Å². The number of nitrogens with one attached hydrogen (secondary N) is 2. The number of nitrogens with zero attached hydrogens (tertiary/aromatic N) is 2. The Balaban J connectivity index is 1.59. The maximum absolute atomic E-state index is 14.1. The summed E-state index contributed by atoms with van der Waals surface area (Å²) < 4.78 is 47.9. The van der Waals surface area contributed by atoms with Crippen LogP contribution in [-0.4, -0.2) is 42.7 Å². The third-order valence-corrected chi connectivity index (χ3v) is 8.53. The van der Waals surface area contributed by atoms with Crippen molar-refractivity contribution in [3.05, 3.63) is 47.7 Å². The van der Waals surface area contributed by atoms with Gasteiger partial charge in [-0.25, -0.2) is 17.8 Å². The number of aryl methyl sites for hydroxylation is 2. The maximum Gasteiger partial charge on any atom is 0.263 e. The summed E-state index contributed by atoms with van der Waals surface area (Å²) in [6.45, 7) is 7.13. The van der Waals surface area contributed by atoms with Crippen molar-refractivity contribution in [3.63, 3.8) is 0 Å². The van der Waals surface area contributed by atoms with Gasteiger partial charge in [0.05, 0.1) is 22.0 Å². The van der Waals surface area contributed by atoms with Crippen LogP contribution in [0.5, 0.6) is 5.75 Å². The van der Waals surface area contributed by atoms with Gasteiger partial charge < -0.3 is 15.2 Å². The summed E-state index contributed by atoms with van der Waals surface area (Å²) >= 11 is 1.44. The number of pyridine rings is 1. The number of hydrogen-bond donors (Lipinski definition) is 3. The van der Waals surface area contributed by atoms with E-state index in [0.717, 1.165) is 47.8 Å². The minimum absolute atomic E-state index is 0.0599. The summed E-state index contributed by atoms with van der Waals surface area (Å²) in [7, 11) is -4.13. The summed E-state index contributed by atoms with van der Waals surface area (Å²) in [6, 6.07) is 4.97. The molecular formula is C23H27FN4O4S2. The molecule has 0 amide bonds. The Morgan fingerprint density at radius 2 is 1.94 bits per heavy atom. The number of ether oxygens (including phenoxy) is 1. The molecule has 1 unspecified atom stereocenters. The van der Waals surface area contributed by atoms with E-state index in [-0.39, 0.29) is 28.1 Å². The van der Waals surface area contributed by atoms with Crippen LogP contribution in [0.25, 0.3) is 10.4 Å². The number of anilines is 2. The Bertz CT molecular complexity index is 1290. The summed E-state index contributed by atoms with van der Waals surface area (Å²) in [5, 5.41) is 13.6. The molecular weight excluding hydrogens is 479 g/mol. The van der Waals surface area contributed by atoms with E-state index in [1.54, 1.807) is 13.1 Å². The van der Waals surface area contributed by atoms with E-state index in [1.165, 1.54) is 29.5 Å². The summed E-state index contributed by atoms with van der Waals surface area (Å²) in [5.74, 6) is -0.667. The van der Waals surface area contributed by atoms with Gasteiger partial charge in [-0.2, -0.15) is 0 Å². The Labute approximate surface area is 202 Å². The number of aromatic hydroxyl groups is 1. The van der Waals surface area contributed by atoms with Crippen LogP contribution in [0.15, 0.2) is 35.4 Å². The third-order valence-electron chi connectivity index (χ3n) is 5.91. The van der Waals surface area contributed by atoms with Crippen molar-refractivity contribution in [2.75, 3.05) is 23.3 Å². The fourth-order valence-corrected chi connectivity index (χ4v) is 6.28. The number of hydrogen-bond acceptors (Lipinski definition) is 8. The molecule has 8 nitrogen and oxygen atoms in total. The molecule has 1 fully saturated rings. The van der Waals surface area contributed by atoms with Crippen LogP contribution in [0, 0.1) is 25.6 Å². The Kier molecular flexibility index (Phi) is 7.06. The van der Waals surface area contributed by atoms with Gasteiger partial charge in [-0.3, -0.25) is 9.71 Å². The van der Waals surface area contributed by atoms with E-state index in [2.05, 4.69) is 26.9 Å². The summed E-state index contributed by atoms with van der Waals surface area (Å²) in [4.78, 5) is 9.66. The van der Waals surface area contributed by atoms with Crippen LogP contribution in [0.2, 0.25) is 0 Å². The van der Waals surface area contributed by atoms with Gasteiger partial charge in [-0.05, 0) is 57.7 Å². The van der Waals surface area contributed by atoms with Gasteiger partial charge in [0.25, 0.3) is 10.0 Å². The van der Waals surface area contributed by atoms with Crippen LogP contribution in [0.3, 0.4) is 0 Å². The van der Waals surface area contributed by atoms with Crippen LogP contribution >= 0.6 is 11.3 Å². The lowest BCUT2D eigenvalue weighted by molar-refractivity contribution is 0.0622. The van der Waals surface area contributed by atoms with E-state index in [1.807, 2.05) is 6.92 Å². The Morgan fingerprint density at radius 1 is 1.21 bits per heavy atom. The maximum atomic E-state index is 14.1. The van der Waals surface area contributed by atoms with Gasteiger partial charge in [-0.15, -0.1) is 0 Å². The number of rotatable bonds is 7. The van der Waals surface area contributed by atoms with Crippen molar-refractivity contribution in [1.82, 2.24) is 9.97 Å². The highest BCUT2D eigenvalue weighted by molar-refractivity contribution is 7.92. The zero-order valence-electron chi connectivity index (χ0n) is 19.1. The first-order valence-electron chi connectivity index (χ1n) is 10.9. The molecule has 1 aromatic carbocycles. The molecule has 0 spiro atoms. The fraction of sp³-hybridized carbons (Fsp3) is 0.391. The number of aromatic nitrogens is 2. The number of halogens is 1. The molecule has 1 aliphatic rings. The average molecular weight is 507 g/mol. The molecule has 1 atom stereocenters. The Morgan fingerprint density at radius 3 is 2.65 bits per heavy atom. The van der Waals surface area contributed by atoms with Crippen molar-refractivity contribution in [2.24, 2.45) is 5.92 Å². The highest BCUT2D eigenvalue weighted by atomic mass is 32.2. The molecule has 1 saturated heterocycles. The van der Waals surface area contributed by atoms with E-state index in [4.69, 9.17) is 4.74 Å². The van der Waals surface area contributed by atoms with Crippen LogP contribution < -0.4 is 10.0 Å². The van der Waals surface area contributed by atoms with Crippen LogP contribution in [0.4, 0.5) is 15.2 Å². The van der Waals surface area contributed by atoms with E-state index < -0.39 is 15.8 Å². The lowest BCUT2D eigenvalue weighted by Gasteiger charge is -2.28. The van der Waals surface area contributed by atoms with E-state index in [0.29, 0.717) is 11.5 Å². The molecule has 2 aromatic heterocycles. The van der Waals surface area contributed by atoms with Crippen molar-refractivity contribution < 1.29 is 22.7 Å². The predicted molar refractivity (Wildman–Crippen MR) is 130 cm³/mol. The van der Waals surface area contributed by atoms with Crippen molar-refractivity contribution in [3.8, 4) is 16.2 Å². The molecule has 0 aliphatic carbocycles. The first kappa shape index (κ1) is 24.4.